The van der Waals surface area contributed by atoms with Crippen LogP contribution in [0.1, 0.15) is 65.2 Å². The van der Waals surface area contributed by atoms with Gasteiger partial charge in [0.15, 0.2) is 0 Å². The number of amidine groups is 1. The summed E-state index contributed by atoms with van der Waals surface area (Å²) in [7, 11) is 0. The lowest BCUT2D eigenvalue weighted by atomic mass is 10.1. The average Bonchev–Trinajstić information content (AvgIpc) is 2.23. The fraction of sp³-hybridized carbons (Fsp3) is 0.923. The summed E-state index contributed by atoms with van der Waals surface area (Å²) in [5.41, 5.74) is 5.27. The van der Waals surface area contributed by atoms with Crippen LogP contribution in [-0.4, -0.2) is 18.5 Å². The Labute approximate surface area is 100 Å². The first kappa shape index (κ1) is 15.4. The molecule has 0 rings (SSSR count). The molecule has 0 aromatic carbocycles. The Morgan fingerprint density at radius 3 is 2.56 bits per heavy atom. The third-order valence-corrected chi connectivity index (χ3v) is 2.71. The van der Waals surface area contributed by atoms with E-state index in [2.05, 4.69) is 13.8 Å². The lowest BCUT2D eigenvalue weighted by molar-refractivity contribution is 0.0562. The summed E-state index contributed by atoms with van der Waals surface area (Å²) in [5.74, 6) is 0.285. The number of hydrogen-bond acceptors (Lipinski definition) is 2. The first-order valence-corrected chi connectivity index (χ1v) is 6.61. The third-order valence-electron chi connectivity index (χ3n) is 2.71. The Bertz CT molecular complexity index is 171. The van der Waals surface area contributed by atoms with Gasteiger partial charge in [-0.05, 0) is 26.2 Å². The van der Waals surface area contributed by atoms with Crippen LogP contribution in [-0.2, 0) is 4.74 Å². The van der Waals surface area contributed by atoms with E-state index in [9.17, 15) is 0 Å². The lowest BCUT2D eigenvalue weighted by Gasteiger charge is -2.12. The van der Waals surface area contributed by atoms with Crippen LogP contribution in [0.5, 0.6) is 0 Å². The number of nitrogens with two attached hydrogens (primary N) is 1. The summed E-state index contributed by atoms with van der Waals surface area (Å²) in [4.78, 5) is 0. The third kappa shape index (κ3) is 11.5. The van der Waals surface area contributed by atoms with E-state index in [1.807, 2.05) is 0 Å². The smallest absolute Gasteiger partial charge is 0.0905 e. The van der Waals surface area contributed by atoms with Crippen molar-refractivity contribution in [3.63, 3.8) is 0 Å². The Balaban J connectivity index is 3.17. The predicted molar refractivity (Wildman–Crippen MR) is 69.9 cm³/mol. The van der Waals surface area contributed by atoms with Crippen molar-refractivity contribution >= 4 is 5.84 Å². The highest BCUT2D eigenvalue weighted by Crippen LogP contribution is 2.08. The minimum Gasteiger partial charge on any atom is -0.388 e. The van der Waals surface area contributed by atoms with Crippen molar-refractivity contribution in [3.8, 4) is 0 Å². The Morgan fingerprint density at radius 1 is 1.19 bits per heavy atom. The van der Waals surface area contributed by atoms with Crippen molar-refractivity contribution in [2.45, 2.75) is 71.3 Å². The van der Waals surface area contributed by atoms with E-state index in [-0.39, 0.29) is 5.84 Å². The first-order chi connectivity index (χ1) is 7.66. The Kier molecular flexibility index (Phi) is 10.5. The monoisotopic (exact) mass is 228 g/mol. The summed E-state index contributed by atoms with van der Waals surface area (Å²) in [6.07, 6.45) is 9.48. The van der Waals surface area contributed by atoms with Gasteiger partial charge in [-0.3, -0.25) is 5.41 Å². The van der Waals surface area contributed by atoms with Crippen LogP contribution in [0.2, 0.25) is 0 Å². The summed E-state index contributed by atoms with van der Waals surface area (Å²) in [5, 5.41) is 7.08. The van der Waals surface area contributed by atoms with Crippen LogP contribution < -0.4 is 5.73 Å². The highest BCUT2D eigenvalue weighted by atomic mass is 16.5. The van der Waals surface area contributed by atoms with Gasteiger partial charge in [0.05, 0.1) is 11.9 Å². The van der Waals surface area contributed by atoms with Crippen molar-refractivity contribution in [3.05, 3.63) is 0 Å². The van der Waals surface area contributed by atoms with Gasteiger partial charge in [-0.25, -0.2) is 0 Å². The van der Waals surface area contributed by atoms with Gasteiger partial charge in [-0.15, -0.1) is 0 Å². The molecule has 0 bridgehead atoms. The topological polar surface area (TPSA) is 59.1 Å². The quantitative estimate of drug-likeness (QED) is 0.323. The zero-order chi connectivity index (χ0) is 12.2. The second kappa shape index (κ2) is 10.9. The largest absolute Gasteiger partial charge is 0.388 e. The summed E-state index contributed by atoms with van der Waals surface area (Å²) >= 11 is 0. The van der Waals surface area contributed by atoms with Gasteiger partial charge in [-0.1, -0.05) is 32.6 Å². The van der Waals surface area contributed by atoms with Crippen molar-refractivity contribution < 1.29 is 4.74 Å². The van der Waals surface area contributed by atoms with Gasteiger partial charge in [0.25, 0.3) is 0 Å². The molecule has 0 fully saturated rings. The predicted octanol–water partition coefficient (Wildman–Crippen LogP) is 3.47. The number of unbranched alkanes of at least 4 members (excludes halogenated alkanes) is 4. The number of hydrogen-bond donors (Lipinski definition) is 2. The average molecular weight is 228 g/mol. The van der Waals surface area contributed by atoms with Gasteiger partial charge in [0.1, 0.15) is 0 Å². The fourth-order valence-electron chi connectivity index (χ4n) is 1.64. The molecule has 0 saturated carbocycles. The molecule has 3 nitrogen and oxygen atoms in total. The van der Waals surface area contributed by atoms with Crippen molar-refractivity contribution in [1.82, 2.24) is 0 Å². The standard InChI is InChI=1S/C13H28N2O/c1-3-4-5-6-9-12(2)16-11-8-7-10-13(14)15/h12H,3-11H2,1-2H3,(H3,14,15). The second-order valence-electron chi connectivity index (χ2n) is 4.51. The Morgan fingerprint density at radius 2 is 1.94 bits per heavy atom. The minimum absolute atomic E-state index is 0.285. The highest BCUT2D eigenvalue weighted by Gasteiger charge is 2.01. The molecule has 1 atom stereocenters. The van der Waals surface area contributed by atoms with Crippen LogP contribution in [0, 0.1) is 5.41 Å². The fourth-order valence-corrected chi connectivity index (χ4v) is 1.64. The molecule has 96 valence electrons. The molecule has 0 amide bonds. The molecule has 0 aliphatic carbocycles. The van der Waals surface area contributed by atoms with Gasteiger partial charge in [0, 0.05) is 13.0 Å². The molecule has 3 heteroatoms. The van der Waals surface area contributed by atoms with E-state index in [1.54, 1.807) is 0 Å². The zero-order valence-corrected chi connectivity index (χ0v) is 10.9. The number of nitrogens with one attached hydrogen (secondary N) is 1. The minimum atomic E-state index is 0.285. The van der Waals surface area contributed by atoms with Crippen LogP contribution in [0.3, 0.4) is 0 Å². The SMILES string of the molecule is CCCCCCC(C)OCCCCC(=N)N. The van der Waals surface area contributed by atoms with Crippen molar-refractivity contribution in [2.24, 2.45) is 5.73 Å². The van der Waals surface area contributed by atoms with Crippen LogP contribution in [0.25, 0.3) is 0 Å². The van der Waals surface area contributed by atoms with E-state index in [0.717, 1.165) is 19.4 Å². The number of ether oxygens (including phenoxy) is 1. The molecule has 0 spiro atoms. The van der Waals surface area contributed by atoms with Gasteiger partial charge < -0.3 is 10.5 Å². The molecule has 0 radical (unpaired) electrons. The summed E-state index contributed by atoms with van der Waals surface area (Å²) in [6.45, 7) is 5.19. The van der Waals surface area contributed by atoms with Crippen LogP contribution in [0.15, 0.2) is 0 Å². The molecule has 0 aliphatic heterocycles. The molecule has 16 heavy (non-hydrogen) atoms. The molecule has 0 heterocycles. The normalized spacial score (nSPS) is 12.6. The van der Waals surface area contributed by atoms with Gasteiger partial charge in [-0.2, -0.15) is 0 Å². The molecule has 0 aromatic heterocycles. The molecule has 1 unspecified atom stereocenters. The van der Waals surface area contributed by atoms with E-state index in [4.69, 9.17) is 15.9 Å². The van der Waals surface area contributed by atoms with E-state index in [1.165, 1.54) is 32.1 Å². The Hall–Kier alpha value is -0.570. The first-order valence-electron chi connectivity index (χ1n) is 6.61. The maximum absolute atomic E-state index is 7.08. The lowest BCUT2D eigenvalue weighted by Crippen LogP contribution is -2.11. The van der Waals surface area contributed by atoms with E-state index in [0.29, 0.717) is 12.5 Å². The van der Waals surface area contributed by atoms with E-state index >= 15 is 0 Å². The zero-order valence-electron chi connectivity index (χ0n) is 10.9. The number of rotatable bonds is 11. The molecular formula is C13H28N2O. The van der Waals surface area contributed by atoms with E-state index < -0.39 is 0 Å². The summed E-state index contributed by atoms with van der Waals surface area (Å²) in [6, 6.07) is 0. The van der Waals surface area contributed by atoms with Crippen LogP contribution >= 0.6 is 0 Å². The molecule has 0 saturated heterocycles. The molecule has 0 aliphatic rings. The molecule has 0 aromatic rings. The van der Waals surface area contributed by atoms with Crippen molar-refractivity contribution in [1.29, 1.82) is 5.41 Å². The van der Waals surface area contributed by atoms with Gasteiger partial charge in [0.2, 0.25) is 0 Å². The highest BCUT2D eigenvalue weighted by molar-refractivity contribution is 5.76. The summed E-state index contributed by atoms with van der Waals surface area (Å²) < 4.78 is 5.69. The van der Waals surface area contributed by atoms with Crippen molar-refractivity contribution in [2.75, 3.05) is 6.61 Å². The molecular weight excluding hydrogens is 200 g/mol. The van der Waals surface area contributed by atoms with Crippen LogP contribution in [0.4, 0.5) is 0 Å². The maximum Gasteiger partial charge on any atom is 0.0905 e. The maximum atomic E-state index is 7.08. The van der Waals surface area contributed by atoms with Gasteiger partial charge >= 0.3 is 0 Å². The molecule has 3 N–H and O–H groups in total. The second-order valence-corrected chi connectivity index (χ2v) is 4.51.